The van der Waals surface area contributed by atoms with Gasteiger partial charge in [0, 0.05) is 17.8 Å². The molecule has 0 bridgehead atoms. The summed E-state index contributed by atoms with van der Waals surface area (Å²) in [5, 5.41) is 8.29. The summed E-state index contributed by atoms with van der Waals surface area (Å²) in [6.45, 7) is 10.9. The summed E-state index contributed by atoms with van der Waals surface area (Å²) in [5.74, 6) is -1.06. The monoisotopic (exact) mass is 464 g/mol. The number of esters is 1. The summed E-state index contributed by atoms with van der Waals surface area (Å²) in [5.41, 5.74) is 4.05. The summed E-state index contributed by atoms with van der Waals surface area (Å²) < 4.78 is 5.01. The molecular weight excluding hydrogens is 436 g/mol. The fourth-order valence-corrected chi connectivity index (χ4v) is 3.02. The summed E-state index contributed by atoms with van der Waals surface area (Å²) in [6.07, 6.45) is -0.0223. The third kappa shape index (κ3) is 8.63. The molecule has 0 aliphatic heterocycles. The predicted molar refractivity (Wildman–Crippen MR) is 129 cm³/mol. The molecule has 34 heavy (non-hydrogen) atoms. The van der Waals surface area contributed by atoms with E-state index in [1.165, 1.54) is 0 Å². The smallest absolute Gasteiger partial charge is 0.308 e. The van der Waals surface area contributed by atoms with Gasteiger partial charge in [0.2, 0.25) is 5.91 Å². The van der Waals surface area contributed by atoms with Crippen LogP contribution in [-0.2, 0) is 14.3 Å². The Hall–Kier alpha value is -4.39. The molecular formula is C24H28N6O4. The van der Waals surface area contributed by atoms with Gasteiger partial charge in [-0.05, 0) is 37.6 Å². The van der Waals surface area contributed by atoms with Gasteiger partial charge < -0.3 is 20.7 Å². The highest BCUT2D eigenvalue weighted by molar-refractivity contribution is 5.99. The molecule has 178 valence electrons. The zero-order valence-electron chi connectivity index (χ0n) is 19.1. The number of aliphatic imine (C=N–C) groups is 1. The Kier molecular flexibility index (Phi) is 10.6. The lowest BCUT2D eigenvalue weighted by Crippen LogP contribution is -2.39. The SMILES string of the molecule is [C-]#[N+]NC(=NCC)Nc1cccc(C(=O)NCC(=O)NC(CC(=O)OCC)c2ccccc2)c1. The molecule has 0 radical (unpaired) electrons. The Balaban J connectivity index is 1.99. The number of nitrogens with one attached hydrogen (secondary N) is 4. The van der Waals surface area contributed by atoms with Crippen molar-refractivity contribution >= 4 is 29.4 Å². The van der Waals surface area contributed by atoms with Gasteiger partial charge >= 0.3 is 5.97 Å². The van der Waals surface area contributed by atoms with Gasteiger partial charge in [0.05, 0.1) is 25.6 Å². The third-order valence-electron chi connectivity index (χ3n) is 4.49. The van der Waals surface area contributed by atoms with E-state index in [-0.39, 0.29) is 25.5 Å². The predicted octanol–water partition coefficient (Wildman–Crippen LogP) is 2.44. The summed E-state index contributed by atoms with van der Waals surface area (Å²) in [7, 11) is 0. The highest BCUT2D eigenvalue weighted by Crippen LogP contribution is 2.17. The van der Waals surface area contributed by atoms with Crippen LogP contribution in [0.1, 0.15) is 42.2 Å². The van der Waals surface area contributed by atoms with Crippen molar-refractivity contribution in [3.63, 3.8) is 0 Å². The minimum absolute atomic E-state index is 0.0223. The first-order chi connectivity index (χ1) is 16.5. The number of ether oxygens (including phenoxy) is 1. The zero-order valence-corrected chi connectivity index (χ0v) is 19.1. The van der Waals surface area contributed by atoms with Gasteiger partial charge in [-0.25, -0.2) is 4.99 Å². The molecule has 2 aromatic carbocycles. The van der Waals surface area contributed by atoms with Crippen LogP contribution in [0.15, 0.2) is 59.6 Å². The number of amides is 2. The van der Waals surface area contributed by atoms with Crippen molar-refractivity contribution < 1.29 is 19.1 Å². The van der Waals surface area contributed by atoms with Crippen molar-refractivity contribution in [1.82, 2.24) is 16.1 Å². The molecule has 10 heteroatoms. The van der Waals surface area contributed by atoms with Crippen LogP contribution in [0.2, 0.25) is 0 Å². The minimum Gasteiger partial charge on any atom is -0.466 e. The van der Waals surface area contributed by atoms with E-state index >= 15 is 0 Å². The topological polar surface area (TPSA) is 125 Å². The molecule has 0 saturated heterocycles. The molecule has 0 heterocycles. The number of guanidine groups is 1. The standard InChI is InChI=1S/C24H28N6O4/c1-4-26-24(30-25-3)28-19-13-9-12-18(14-19)23(33)27-16-21(31)29-20(15-22(32)34-5-2)17-10-7-6-8-11-17/h6-14,20H,4-5,15-16H2,1-2H3,(H,27,33)(H,29,31)(H2,26,28,30). The van der Waals surface area contributed by atoms with E-state index in [4.69, 9.17) is 11.3 Å². The summed E-state index contributed by atoms with van der Waals surface area (Å²) in [6, 6.07) is 15.1. The van der Waals surface area contributed by atoms with Crippen LogP contribution in [0.5, 0.6) is 0 Å². The number of hydrogen-bond acceptors (Lipinski definition) is 5. The van der Waals surface area contributed by atoms with Crippen LogP contribution in [0, 0.1) is 6.57 Å². The molecule has 10 nitrogen and oxygen atoms in total. The van der Waals surface area contributed by atoms with Crippen molar-refractivity contribution in [3.8, 4) is 0 Å². The number of benzene rings is 2. The maximum absolute atomic E-state index is 12.6. The molecule has 0 fully saturated rings. The van der Waals surface area contributed by atoms with Gasteiger partial charge in [-0.3, -0.25) is 14.4 Å². The van der Waals surface area contributed by atoms with Gasteiger partial charge in [-0.2, -0.15) is 11.5 Å². The fraction of sp³-hybridized carbons (Fsp3) is 0.292. The number of rotatable bonds is 10. The highest BCUT2D eigenvalue weighted by atomic mass is 16.5. The maximum atomic E-state index is 12.6. The molecule has 2 amide bonds. The second kappa shape index (κ2) is 13.9. The van der Waals surface area contributed by atoms with E-state index in [0.29, 0.717) is 17.8 Å². The first-order valence-electron chi connectivity index (χ1n) is 10.8. The van der Waals surface area contributed by atoms with Crippen LogP contribution in [-0.4, -0.2) is 43.4 Å². The Morgan fingerprint density at radius 1 is 1.09 bits per heavy atom. The van der Waals surface area contributed by atoms with Gasteiger partial charge in [-0.1, -0.05) is 41.8 Å². The fourth-order valence-electron chi connectivity index (χ4n) is 3.02. The van der Waals surface area contributed by atoms with Crippen LogP contribution in [0.3, 0.4) is 0 Å². The summed E-state index contributed by atoms with van der Waals surface area (Å²) in [4.78, 5) is 44.3. The molecule has 2 aromatic rings. The van der Waals surface area contributed by atoms with Crippen LogP contribution < -0.4 is 21.4 Å². The number of carbonyl (C=O) groups is 3. The van der Waals surface area contributed by atoms with E-state index in [0.717, 1.165) is 5.56 Å². The number of nitrogens with zero attached hydrogens (tertiary/aromatic N) is 2. The lowest BCUT2D eigenvalue weighted by molar-refractivity contribution is -0.143. The first kappa shape index (κ1) is 25.9. The largest absolute Gasteiger partial charge is 0.466 e. The van der Waals surface area contributed by atoms with Crippen LogP contribution in [0.25, 0.3) is 4.95 Å². The van der Waals surface area contributed by atoms with E-state index in [1.807, 2.05) is 25.1 Å². The minimum atomic E-state index is -0.580. The molecule has 4 N–H and O–H groups in total. The molecule has 0 aliphatic rings. The Morgan fingerprint density at radius 2 is 1.85 bits per heavy atom. The average Bonchev–Trinajstić information content (AvgIpc) is 2.83. The van der Waals surface area contributed by atoms with Gasteiger partial charge in [-0.15, -0.1) is 0 Å². The van der Waals surface area contributed by atoms with E-state index < -0.39 is 23.8 Å². The quantitative estimate of drug-likeness (QED) is 0.141. The van der Waals surface area contributed by atoms with Crippen molar-refractivity contribution in [2.75, 3.05) is 25.0 Å². The van der Waals surface area contributed by atoms with Crippen molar-refractivity contribution in [1.29, 1.82) is 0 Å². The van der Waals surface area contributed by atoms with Crippen molar-refractivity contribution in [2.45, 2.75) is 26.3 Å². The van der Waals surface area contributed by atoms with Crippen LogP contribution in [0.4, 0.5) is 5.69 Å². The van der Waals surface area contributed by atoms with E-state index in [9.17, 15) is 14.4 Å². The second-order valence-corrected chi connectivity index (χ2v) is 6.97. The first-order valence-corrected chi connectivity index (χ1v) is 10.8. The average molecular weight is 465 g/mol. The zero-order chi connectivity index (χ0) is 24.8. The third-order valence-corrected chi connectivity index (χ3v) is 4.49. The Bertz CT molecular complexity index is 1050. The number of hydrogen-bond donors (Lipinski definition) is 4. The van der Waals surface area contributed by atoms with E-state index in [1.54, 1.807) is 43.3 Å². The molecule has 0 saturated carbocycles. The molecule has 0 aliphatic carbocycles. The maximum Gasteiger partial charge on any atom is 0.308 e. The summed E-state index contributed by atoms with van der Waals surface area (Å²) >= 11 is 0. The Morgan fingerprint density at radius 3 is 2.53 bits per heavy atom. The molecule has 1 atom stereocenters. The Labute approximate surface area is 198 Å². The van der Waals surface area contributed by atoms with Crippen molar-refractivity contribution in [3.05, 3.63) is 77.3 Å². The van der Waals surface area contributed by atoms with Gasteiger partial charge in [0.15, 0.2) is 0 Å². The normalized spacial score (nSPS) is 11.5. The molecule has 0 spiro atoms. The molecule has 1 unspecified atom stereocenters. The molecule has 0 aromatic heterocycles. The van der Waals surface area contributed by atoms with Crippen molar-refractivity contribution in [2.24, 2.45) is 4.99 Å². The van der Waals surface area contributed by atoms with Crippen LogP contribution >= 0.6 is 0 Å². The second-order valence-electron chi connectivity index (χ2n) is 6.97. The van der Waals surface area contributed by atoms with Gasteiger partial charge in [0.1, 0.15) is 0 Å². The van der Waals surface area contributed by atoms with Gasteiger partial charge in [0.25, 0.3) is 11.9 Å². The number of anilines is 1. The highest BCUT2D eigenvalue weighted by Gasteiger charge is 2.19. The van der Waals surface area contributed by atoms with E-state index in [2.05, 4.69) is 31.3 Å². The lowest BCUT2D eigenvalue weighted by Gasteiger charge is -2.19. The lowest BCUT2D eigenvalue weighted by atomic mass is 10.0. The number of carbonyl (C=O) groups excluding carboxylic acids is 3. The molecule has 2 rings (SSSR count).